The monoisotopic (exact) mass is 1400 g/mol. The summed E-state index contributed by atoms with van der Waals surface area (Å²) in [6, 6.07) is 9.30. The summed E-state index contributed by atoms with van der Waals surface area (Å²) < 4.78 is 93.3. The fraction of sp³-hybridized carbons (Fsp3) is 0.672. The lowest BCUT2D eigenvalue weighted by Gasteiger charge is -2.48. The molecule has 2 aromatic carbocycles. The van der Waals surface area contributed by atoms with Gasteiger partial charge in [0.1, 0.15) is 60.9 Å². The second-order valence-corrected chi connectivity index (χ2v) is 22.3. The van der Waals surface area contributed by atoms with Crippen LogP contribution in [0, 0.1) is 11.8 Å². The normalized spacial score (nSPS) is 32.3. The topological polar surface area (TPSA) is 551 Å². The van der Waals surface area contributed by atoms with Crippen molar-refractivity contribution in [3.05, 3.63) is 134 Å². The van der Waals surface area contributed by atoms with E-state index in [4.69, 9.17) is 71.1 Å². The van der Waals surface area contributed by atoms with E-state index in [1.807, 2.05) is 0 Å². The van der Waals surface area contributed by atoms with Crippen LogP contribution in [0.5, 0.6) is 0 Å². The van der Waals surface area contributed by atoms with Crippen molar-refractivity contribution in [2.75, 3.05) is 19.7 Å². The van der Waals surface area contributed by atoms with E-state index in [0.717, 1.165) is 34.6 Å². The average molecular weight is 1410 g/mol. The van der Waals surface area contributed by atoms with Gasteiger partial charge >= 0.3 is 41.8 Å². The Kier molecular flexibility index (Phi) is 34.2. The van der Waals surface area contributed by atoms with Crippen LogP contribution in [0.2, 0.25) is 0 Å². The summed E-state index contributed by atoms with van der Waals surface area (Å²) in [4.78, 5) is 110. The van der Waals surface area contributed by atoms with Crippen LogP contribution in [-0.2, 0) is 95.0 Å². The van der Waals surface area contributed by atoms with Gasteiger partial charge in [0.2, 0.25) is 0 Å². The van der Waals surface area contributed by atoms with E-state index in [1.54, 1.807) is 57.2 Å². The summed E-state index contributed by atoms with van der Waals surface area (Å²) in [5.41, 5.74) is 59.3. The van der Waals surface area contributed by atoms with E-state index in [9.17, 15) is 66.7 Å². The van der Waals surface area contributed by atoms with Crippen molar-refractivity contribution in [2.24, 2.45) is 42.5 Å². The lowest BCUT2D eigenvalue weighted by molar-refractivity contribution is -0.311. The third-order valence-corrected chi connectivity index (χ3v) is 15.9. The first kappa shape index (κ1) is 84.6. The SMILES string of the molecule is C.C.CCC1O[C@@H](OC[C@H]2O[C@@H](O[C@@H]3C(OC(C)=O)[C@H](N=[N+]=[N-])CC(N=[N+]=[N-])[C@H]3O[C@H]3OC(CN=[N+]=[N-])[C@@H](OC(C)=O)[C@H](OC(C)=O)C3N=[N+]=[N-])C(OC(C)=O)[C@H]2O[C@H]2O[C@@H](CN=[N+]=[N-])[C@@H](C)C(OC(C)=O)C2N=[N+]=[N-])C(C)[C@@H](OC(=O)c2ccccc2)[C@@H]1OC(=O)c1ccccc1.[2HH].[2HH].[B].[B]. The van der Waals surface area contributed by atoms with E-state index in [0.29, 0.717) is 0 Å². The van der Waals surface area contributed by atoms with Gasteiger partial charge in [0.05, 0.1) is 55.1 Å². The number of hydrogen-bond donors (Lipinski definition) is 0. The molecule has 0 spiro atoms. The zero-order valence-electron chi connectivity index (χ0n) is 53.9. The van der Waals surface area contributed by atoms with Crippen LogP contribution in [0.3, 0.4) is 0 Å². The minimum atomic E-state index is -2.09. The van der Waals surface area contributed by atoms with E-state index in [1.165, 1.54) is 24.3 Å². The molecule has 0 bridgehead atoms. The molecule has 2 aromatic rings. The van der Waals surface area contributed by atoms with Crippen molar-refractivity contribution in [2.45, 2.75) is 218 Å². The molecule has 1 saturated carbocycles. The summed E-state index contributed by atoms with van der Waals surface area (Å²) in [6.45, 7) is 8.01. The molecule has 0 N–H and O–H groups in total. The van der Waals surface area contributed by atoms with Gasteiger partial charge in [0, 0.05) is 95.6 Å². The van der Waals surface area contributed by atoms with Crippen LogP contribution < -0.4 is 0 Å². The number of nitrogens with zero attached hydrogens (tertiary/aromatic N) is 18. The van der Waals surface area contributed by atoms with Gasteiger partial charge < -0.3 is 71.1 Å². The molecule has 40 nitrogen and oxygen atoms in total. The maximum atomic E-state index is 14.0. The van der Waals surface area contributed by atoms with Gasteiger partial charge in [-0.2, -0.15) is 0 Å². The van der Waals surface area contributed by atoms with E-state index >= 15 is 0 Å². The molecule has 5 aliphatic rings. The van der Waals surface area contributed by atoms with Gasteiger partial charge in [0.15, 0.2) is 49.6 Å². The average Bonchev–Trinajstić information content (AvgIpc) is 1.12. The van der Waals surface area contributed by atoms with Crippen molar-refractivity contribution in [3.8, 4) is 0 Å². The number of rotatable bonds is 27. The highest BCUT2D eigenvalue weighted by Gasteiger charge is 2.60. The second-order valence-electron chi connectivity index (χ2n) is 22.3. The fourth-order valence-electron chi connectivity index (χ4n) is 11.8. The molecule has 5 fully saturated rings. The van der Waals surface area contributed by atoms with Crippen LogP contribution in [0.25, 0.3) is 62.7 Å². The summed E-state index contributed by atoms with van der Waals surface area (Å²) in [6.07, 6.45) is -30.2. The molecule has 540 valence electrons. The van der Waals surface area contributed by atoms with Crippen LogP contribution in [0.4, 0.5) is 0 Å². The lowest BCUT2D eigenvalue weighted by atomic mass is 9.83. The van der Waals surface area contributed by atoms with Gasteiger partial charge in [0.25, 0.3) is 0 Å². The molecular weight excluding hydrogens is 1320 g/mol. The molecule has 9 unspecified atom stereocenters. The van der Waals surface area contributed by atoms with Crippen molar-refractivity contribution < 1.29 is 107 Å². The quantitative estimate of drug-likeness (QED) is 0.0202. The molecule has 1 aliphatic carbocycles. The van der Waals surface area contributed by atoms with Crippen LogP contribution in [0.1, 0.15) is 107 Å². The highest BCUT2D eigenvalue weighted by atomic mass is 16.8. The molecule has 4 heterocycles. The van der Waals surface area contributed by atoms with Crippen molar-refractivity contribution in [1.29, 1.82) is 0 Å². The Balaban J connectivity index is 0.00000867. The van der Waals surface area contributed by atoms with Gasteiger partial charge in [-0.3, -0.25) is 24.0 Å². The molecule has 0 aromatic heterocycles. The maximum Gasteiger partial charge on any atom is 0.338 e. The molecule has 0 amide bonds. The molecule has 7 rings (SSSR count). The Morgan fingerprint density at radius 1 is 0.430 bits per heavy atom. The number of esters is 7. The zero-order valence-corrected chi connectivity index (χ0v) is 53.9. The Morgan fingerprint density at radius 3 is 1.33 bits per heavy atom. The van der Waals surface area contributed by atoms with Crippen molar-refractivity contribution in [1.82, 2.24) is 0 Å². The first-order valence-corrected chi connectivity index (χ1v) is 29.9. The number of carbonyl (C=O) groups excluding carboxylic acids is 7. The Morgan fingerprint density at radius 2 is 0.830 bits per heavy atom. The third-order valence-electron chi connectivity index (χ3n) is 15.9. The smallest absolute Gasteiger partial charge is 0.338 e. The minimum absolute atomic E-state index is 0. The van der Waals surface area contributed by atoms with Gasteiger partial charge in [-0.05, 0) is 70.3 Å². The lowest BCUT2D eigenvalue weighted by Crippen LogP contribution is -2.65. The molecular formula is C58H80B2N18O22. The van der Waals surface area contributed by atoms with E-state index < -0.39 is 215 Å². The highest BCUT2D eigenvalue weighted by Crippen LogP contribution is 2.42. The number of azide groups is 6. The highest BCUT2D eigenvalue weighted by molar-refractivity contribution is 5.90. The summed E-state index contributed by atoms with van der Waals surface area (Å²) in [5, 5.41) is 22.6. The summed E-state index contributed by atoms with van der Waals surface area (Å²) in [5.74, 6) is -8.42. The van der Waals surface area contributed by atoms with Gasteiger partial charge in [-0.15, -0.1) is 0 Å². The van der Waals surface area contributed by atoms with Gasteiger partial charge in [-0.1, -0.05) is 103 Å². The molecule has 4 aliphatic heterocycles. The Bertz CT molecular complexity index is 3430. The standard InChI is InChI=1S/C56H68N18O22.2CH4.2B.2H2/c1-9-35-45(93-52(81)32-18-14-11-15-19-32)42(92-51(80)31-16-12-10-13-17-31)25(3)53(88-35)82-23-38-47(95-54-39(67-73-61)41(83-26(4)75)24(2)36(89-54)21-63-69-57)50(87-30(8)79)56(91-38)96-49-43(84-27(5)76)33(65-71-59)20-34(66-72-60)44(49)94-55-40(68-74-62)48(86-29(7)78)46(85-28(6)77)37(90-55)22-64-70-58;;;;;;/h10-19,24-25,33-50,53-56H,9,20-23H2,1-8H3;2*1H4;;;2*1H/t24-,25?,33-,34?,35?,36+,37?,38-,39?,40?,41?,42-,43?,44-,45-,46-,47+,48-,49-,50?,53-,54-,55-,56+;;;;;;/m1....../s1/i;;;;;2*1+1. The maximum absolute atomic E-state index is 14.0. The first-order valence-electron chi connectivity index (χ1n) is 29.9. The Labute approximate surface area is 579 Å². The fourth-order valence-corrected chi connectivity index (χ4v) is 11.8. The number of ether oxygens (including phenoxy) is 15. The van der Waals surface area contributed by atoms with E-state index in [2.05, 4.69) is 60.2 Å². The predicted octanol–water partition coefficient (Wildman–Crippen LogP) is 8.59. The van der Waals surface area contributed by atoms with Crippen molar-refractivity contribution >= 4 is 58.6 Å². The largest absolute Gasteiger partial charge is 0.462 e. The number of benzene rings is 2. The number of hydrogen-bond acceptors (Lipinski definition) is 28. The Hall–Kier alpha value is -9.60. The number of carbonyl (C=O) groups is 7. The van der Waals surface area contributed by atoms with Crippen LogP contribution in [-0.4, -0.2) is 213 Å². The molecule has 4 saturated heterocycles. The molecule has 6 radical (unpaired) electrons. The van der Waals surface area contributed by atoms with E-state index in [-0.39, 0.29) is 52.1 Å². The predicted molar refractivity (Wildman–Crippen MR) is 346 cm³/mol. The second kappa shape index (κ2) is 40.5. The van der Waals surface area contributed by atoms with Crippen LogP contribution in [0.15, 0.2) is 91.3 Å². The molecule has 100 heavy (non-hydrogen) atoms. The van der Waals surface area contributed by atoms with Gasteiger partial charge in [-0.25, -0.2) is 9.59 Å². The molecule has 42 heteroatoms. The first-order chi connectivity index (χ1) is 46.1. The third kappa shape index (κ3) is 21.5. The van der Waals surface area contributed by atoms with Crippen LogP contribution >= 0.6 is 0 Å². The molecule has 24 atom stereocenters. The zero-order chi connectivity index (χ0) is 69.8. The minimum Gasteiger partial charge on any atom is -0.462 e. The summed E-state index contributed by atoms with van der Waals surface area (Å²) >= 11 is 0. The summed E-state index contributed by atoms with van der Waals surface area (Å²) in [7, 11) is 0. The van der Waals surface area contributed by atoms with Crippen molar-refractivity contribution in [3.63, 3.8) is 0 Å².